The summed E-state index contributed by atoms with van der Waals surface area (Å²) in [7, 11) is 3.16. The highest BCUT2D eigenvalue weighted by Crippen LogP contribution is 2.40. The minimum atomic E-state index is -0.418. The van der Waals surface area contributed by atoms with E-state index in [-0.39, 0.29) is 12.3 Å². The van der Waals surface area contributed by atoms with E-state index < -0.39 is 5.92 Å². The van der Waals surface area contributed by atoms with Crippen molar-refractivity contribution >= 4 is 0 Å². The van der Waals surface area contributed by atoms with Gasteiger partial charge in [0.1, 0.15) is 11.5 Å². The molecule has 2 rings (SSSR count). The van der Waals surface area contributed by atoms with Crippen LogP contribution < -0.4 is 9.47 Å². The summed E-state index contributed by atoms with van der Waals surface area (Å²) in [5, 5.41) is 18.9. The fourth-order valence-corrected chi connectivity index (χ4v) is 2.69. The van der Waals surface area contributed by atoms with E-state index in [4.69, 9.17) is 9.47 Å². The lowest BCUT2D eigenvalue weighted by molar-refractivity contribution is 0.387. The van der Waals surface area contributed by atoms with Crippen LogP contribution in [-0.4, -0.2) is 14.2 Å². The van der Waals surface area contributed by atoms with Crippen molar-refractivity contribution in [1.82, 2.24) is 0 Å². The average molecular weight is 306 g/mol. The van der Waals surface area contributed by atoms with Gasteiger partial charge < -0.3 is 9.47 Å². The number of ether oxygens (including phenoxy) is 2. The van der Waals surface area contributed by atoms with Crippen molar-refractivity contribution in [3.8, 4) is 23.6 Å². The Balaban J connectivity index is 2.50. The van der Waals surface area contributed by atoms with Gasteiger partial charge in [0.25, 0.3) is 0 Å². The van der Waals surface area contributed by atoms with E-state index in [1.54, 1.807) is 20.3 Å². The molecule has 0 aliphatic rings. The minimum absolute atomic E-state index is 0.232. The Morgan fingerprint density at radius 2 is 1.74 bits per heavy atom. The zero-order valence-electron chi connectivity index (χ0n) is 13.2. The van der Waals surface area contributed by atoms with Crippen LogP contribution >= 0.6 is 0 Å². The molecule has 0 saturated heterocycles. The van der Waals surface area contributed by atoms with Gasteiger partial charge >= 0.3 is 0 Å². The van der Waals surface area contributed by atoms with E-state index >= 15 is 0 Å². The highest BCUT2D eigenvalue weighted by molar-refractivity contribution is 5.46. The Morgan fingerprint density at radius 3 is 2.30 bits per heavy atom. The fraction of sp³-hybridized carbons (Fsp3) is 0.263. The molecule has 0 saturated carbocycles. The molecule has 0 aromatic heterocycles. The maximum atomic E-state index is 9.68. The minimum Gasteiger partial charge on any atom is -0.497 e. The summed E-state index contributed by atoms with van der Waals surface area (Å²) < 4.78 is 10.7. The molecule has 0 fully saturated rings. The number of hydrogen-bond donors (Lipinski definition) is 0. The number of nitrogens with zero attached hydrogens (tertiary/aromatic N) is 2. The van der Waals surface area contributed by atoms with Crippen molar-refractivity contribution in [2.75, 3.05) is 14.2 Å². The Bertz CT molecular complexity index is 729. The number of methoxy groups -OCH3 is 2. The van der Waals surface area contributed by atoms with Gasteiger partial charge in [-0.1, -0.05) is 36.4 Å². The summed E-state index contributed by atoms with van der Waals surface area (Å²) in [4.78, 5) is 0. The molecule has 0 heterocycles. The Kier molecular flexibility index (Phi) is 5.61. The molecule has 4 heteroatoms. The normalized spacial score (nSPS) is 12.5. The molecule has 2 aromatic rings. The van der Waals surface area contributed by atoms with Gasteiger partial charge in [0.2, 0.25) is 0 Å². The van der Waals surface area contributed by atoms with E-state index in [1.165, 1.54) is 0 Å². The van der Waals surface area contributed by atoms with Gasteiger partial charge in [0.05, 0.1) is 32.3 Å². The van der Waals surface area contributed by atoms with Crippen LogP contribution in [0.4, 0.5) is 0 Å². The molecule has 116 valence electrons. The highest BCUT2D eigenvalue weighted by Gasteiger charge is 2.27. The van der Waals surface area contributed by atoms with E-state index in [1.807, 2.05) is 42.5 Å². The average Bonchev–Trinajstić information content (AvgIpc) is 2.62. The third-order valence-electron chi connectivity index (χ3n) is 3.85. The van der Waals surface area contributed by atoms with E-state index in [0.29, 0.717) is 11.5 Å². The van der Waals surface area contributed by atoms with Gasteiger partial charge in [-0.15, -0.1) is 0 Å². The summed E-state index contributed by atoms with van der Waals surface area (Å²) in [5.41, 5.74) is 1.73. The third-order valence-corrected chi connectivity index (χ3v) is 3.85. The van der Waals surface area contributed by atoms with Crippen LogP contribution in [0.1, 0.15) is 29.4 Å². The van der Waals surface area contributed by atoms with E-state index in [0.717, 1.165) is 11.1 Å². The summed E-state index contributed by atoms with van der Waals surface area (Å²) >= 11 is 0. The van der Waals surface area contributed by atoms with Crippen LogP contribution in [0.5, 0.6) is 11.5 Å². The molecular formula is C19H18N2O2. The fourth-order valence-electron chi connectivity index (χ4n) is 2.69. The standard InChI is InChI=1S/C19H18N2O2/c1-22-15-8-9-17(19(12-15)23-2)16(10-11-20)18(13-21)14-6-4-3-5-7-14/h3-9,12,16,18H,10H2,1-2H3/t16-,18-/m0/s1. The van der Waals surface area contributed by atoms with Crippen LogP contribution in [0.25, 0.3) is 0 Å². The molecule has 0 bridgehead atoms. The first-order valence-corrected chi connectivity index (χ1v) is 7.28. The van der Waals surface area contributed by atoms with Crippen molar-refractivity contribution in [3.63, 3.8) is 0 Å². The maximum absolute atomic E-state index is 9.68. The van der Waals surface area contributed by atoms with Gasteiger partial charge in [0.15, 0.2) is 0 Å². The molecule has 2 atom stereocenters. The molecule has 0 radical (unpaired) electrons. The predicted octanol–water partition coefficient (Wildman–Crippen LogP) is 4.01. The Labute approximate surface area is 136 Å². The molecule has 0 aliphatic heterocycles. The number of hydrogen-bond acceptors (Lipinski definition) is 4. The Morgan fingerprint density at radius 1 is 1.00 bits per heavy atom. The topological polar surface area (TPSA) is 66.0 Å². The lowest BCUT2D eigenvalue weighted by atomic mass is 9.80. The van der Waals surface area contributed by atoms with Crippen molar-refractivity contribution in [3.05, 3.63) is 59.7 Å². The molecule has 23 heavy (non-hydrogen) atoms. The SMILES string of the molecule is COc1ccc([C@H](CC#N)[C@@H](C#N)c2ccccc2)c(OC)c1. The smallest absolute Gasteiger partial charge is 0.126 e. The maximum Gasteiger partial charge on any atom is 0.126 e. The molecule has 0 spiro atoms. The predicted molar refractivity (Wildman–Crippen MR) is 87.3 cm³/mol. The third kappa shape index (κ3) is 3.62. The summed E-state index contributed by atoms with van der Waals surface area (Å²) in [6.45, 7) is 0. The summed E-state index contributed by atoms with van der Waals surface area (Å²) in [6, 6.07) is 19.5. The van der Waals surface area contributed by atoms with Crippen molar-refractivity contribution < 1.29 is 9.47 Å². The first-order valence-electron chi connectivity index (χ1n) is 7.28. The molecule has 0 amide bonds. The zero-order valence-corrected chi connectivity index (χ0v) is 13.2. The number of rotatable bonds is 6. The molecule has 0 N–H and O–H groups in total. The largest absolute Gasteiger partial charge is 0.497 e. The first-order chi connectivity index (χ1) is 11.2. The van der Waals surface area contributed by atoms with Gasteiger partial charge in [-0.2, -0.15) is 10.5 Å². The molecule has 0 unspecified atom stereocenters. The van der Waals surface area contributed by atoms with Crippen LogP contribution in [0, 0.1) is 22.7 Å². The second-order valence-electron chi connectivity index (χ2n) is 5.09. The summed E-state index contributed by atoms with van der Waals surface area (Å²) in [6.07, 6.45) is 0.232. The van der Waals surface area contributed by atoms with Crippen LogP contribution in [0.3, 0.4) is 0 Å². The van der Waals surface area contributed by atoms with E-state index in [2.05, 4.69) is 12.1 Å². The number of benzene rings is 2. The van der Waals surface area contributed by atoms with Crippen LogP contribution in [-0.2, 0) is 0 Å². The first kappa shape index (κ1) is 16.4. The second-order valence-corrected chi connectivity index (χ2v) is 5.09. The number of nitriles is 2. The lowest BCUT2D eigenvalue weighted by Gasteiger charge is -2.22. The van der Waals surface area contributed by atoms with Crippen LogP contribution in [0.2, 0.25) is 0 Å². The highest BCUT2D eigenvalue weighted by atomic mass is 16.5. The van der Waals surface area contributed by atoms with Crippen molar-refractivity contribution in [2.45, 2.75) is 18.3 Å². The van der Waals surface area contributed by atoms with Crippen molar-refractivity contribution in [2.24, 2.45) is 0 Å². The zero-order chi connectivity index (χ0) is 16.7. The van der Waals surface area contributed by atoms with E-state index in [9.17, 15) is 10.5 Å². The van der Waals surface area contributed by atoms with Gasteiger partial charge in [-0.25, -0.2) is 0 Å². The second kappa shape index (κ2) is 7.87. The van der Waals surface area contributed by atoms with Crippen LogP contribution in [0.15, 0.2) is 48.5 Å². The lowest BCUT2D eigenvalue weighted by Crippen LogP contribution is -2.11. The van der Waals surface area contributed by atoms with Gasteiger partial charge in [0, 0.05) is 24.0 Å². The molecule has 0 aliphatic carbocycles. The molecule has 4 nitrogen and oxygen atoms in total. The quantitative estimate of drug-likeness (QED) is 0.808. The monoisotopic (exact) mass is 306 g/mol. The molecular weight excluding hydrogens is 288 g/mol. The molecule has 2 aromatic carbocycles. The Hall–Kier alpha value is -2.98. The summed E-state index contributed by atoms with van der Waals surface area (Å²) in [5.74, 6) is 0.613. The van der Waals surface area contributed by atoms with Crippen molar-refractivity contribution in [1.29, 1.82) is 10.5 Å². The van der Waals surface area contributed by atoms with Gasteiger partial charge in [-0.05, 0) is 11.6 Å². The van der Waals surface area contributed by atoms with Gasteiger partial charge in [-0.3, -0.25) is 0 Å².